The van der Waals surface area contributed by atoms with Crippen LogP contribution in [0, 0.1) is 6.92 Å². The van der Waals surface area contributed by atoms with Crippen LogP contribution >= 0.6 is 0 Å². The standard InChI is InChI=1S/C23H20N2O6/c1-13-11-18(24-31-13)25-20(15-9-10-16(29-2)17(12-15)30-3)19(22(27)23(25)28)21(26)14-7-5-4-6-8-14/h4-12,20,26H,1-3H3/t20-/m0/s1. The van der Waals surface area contributed by atoms with Gasteiger partial charge in [-0.25, -0.2) is 0 Å². The van der Waals surface area contributed by atoms with Crippen molar-refractivity contribution >= 4 is 23.3 Å². The number of aromatic nitrogens is 1. The SMILES string of the molecule is COc1ccc([C@H]2C(=C(O)c3ccccc3)C(=O)C(=O)N2c2cc(C)on2)cc1OC. The van der Waals surface area contributed by atoms with Gasteiger partial charge in [-0.3, -0.25) is 14.5 Å². The summed E-state index contributed by atoms with van der Waals surface area (Å²) in [4.78, 5) is 27.3. The molecule has 1 amide bonds. The van der Waals surface area contributed by atoms with Crippen molar-refractivity contribution in [2.24, 2.45) is 0 Å². The third-order valence-corrected chi connectivity index (χ3v) is 5.08. The van der Waals surface area contributed by atoms with E-state index in [4.69, 9.17) is 14.0 Å². The van der Waals surface area contributed by atoms with Gasteiger partial charge in [0.05, 0.1) is 25.8 Å². The number of benzene rings is 2. The van der Waals surface area contributed by atoms with E-state index in [-0.39, 0.29) is 17.2 Å². The van der Waals surface area contributed by atoms with E-state index in [1.165, 1.54) is 19.1 Å². The molecule has 8 heteroatoms. The van der Waals surface area contributed by atoms with Gasteiger partial charge in [0.25, 0.3) is 5.78 Å². The molecular weight excluding hydrogens is 400 g/mol. The molecule has 3 aromatic rings. The van der Waals surface area contributed by atoms with E-state index >= 15 is 0 Å². The van der Waals surface area contributed by atoms with Crippen molar-refractivity contribution in [1.82, 2.24) is 5.16 Å². The number of aryl methyl sites for hydroxylation is 1. The van der Waals surface area contributed by atoms with Crippen LogP contribution in [0.25, 0.3) is 5.76 Å². The van der Waals surface area contributed by atoms with E-state index in [0.717, 1.165) is 0 Å². The number of methoxy groups -OCH3 is 2. The number of ether oxygens (including phenoxy) is 2. The predicted molar refractivity (Wildman–Crippen MR) is 112 cm³/mol. The molecule has 8 nitrogen and oxygen atoms in total. The number of aliphatic hydroxyl groups is 1. The smallest absolute Gasteiger partial charge is 0.301 e. The second-order valence-corrected chi connectivity index (χ2v) is 6.95. The van der Waals surface area contributed by atoms with E-state index < -0.39 is 17.7 Å². The molecule has 31 heavy (non-hydrogen) atoms. The quantitative estimate of drug-likeness (QED) is 0.382. The topological polar surface area (TPSA) is 102 Å². The van der Waals surface area contributed by atoms with Gasteiger partial charge in [0.2, 0.25) is 0 Å². The lowest BCUT2D eigenvalue weighted by atomic mass is 9.95. The lowest BCUT2D eigenvalue weighted by molar-refractivity contribution is -0.132. The molecule has 0 bridgehead atoms. The van der Waals surface area contributed by atoms with Gasteiger partial charge >= 0.3 is 5.91 Å². The highest BCUT2D eigenvalue weighted by atomic mass is 16.5. The second kappa shape index (κ2) is 7.98. The summed E-state index contributed by atoms with van der Waals surface area (Å²) in [5.74, 6) is -0.350. The predicted octanol–water partition coefficient (Wildman–Crippen LogP) is 3.63. The summed E-state index contributed by atoms with van der Waals surface area (Å²) in [6.45, 7) is 1.68. The lowest BCUT2D eigenvalue weighted by Crippen LogP contribution is -2.29. The maximum absolute atomic E-state index is 13.0. The zero-order valence-electron chi connectivity index (χ0n) is 17.2. The highest BCUT2D eigenvalue weighted by Crippen LogP contribution is 2.43. The summed E-state index contributed by atoms with van der Waals surface area (Å²) < 4.78 is 15.8. The molecule has 0 spiro atoms. The first kappa shape index (κ1) is 20.2. The van der Waals surface area contributed by atoms with Gasteiger partial charge in [-0.05, 0) is 24.6 Å². The van der Waals surface area contributed by atoms with E-state index in [1.807, 2.05) is 0 Å². The van der Waals surface area contributed by atoms with Gasteiger partial charge in [0, 0.05) is 11.6 Å². The molecule has 1 saturated heterocycles. The summed E-state index contributed by atoms with van der Waals surface area (Å²) in [6, 6.07) is 14.2. The molecule has 0 unspecified atom stereocenters. The Hall–Kier alpha value is -4.07. The molecule has 1 aliphatic heterocycles. The average Bonchev–Trinajstić information content (AvgIpc) is 3.34. The Kier molecular flexibility index (Phi) is 5.21. The van der Waals surface area contributed by atoms with E-state index in [0.29, 0.717) is 28.4 Å². The molecule has 4 rings (SSSR count). The van der Waals surface area contributed by atoms with E-state index in [1.54, 1.807) is 61.5 Å². The molecular formula is C23H20N2O6. The number of carbonyl (C=O) groups excluding carboxylic acids is 2. The average molecular weight is 420 g/mol. The second-order valence-electron chi connectivity index (χ2n) is 6.95. The molecule has 2 aromatic carbocycles. The molecule has 0 saturated carbocycles. The van der Waals surface area contributed by atoms with Crippen LogP contribution in [-0.4, -0.2) is 36.2 Å². The largest absolute Gasteiger partial charge is 0.507 e. The first-order valence-electron chi connectivity index (χ1n) is 9.48. The Bertz CT molecular complexity index is 1180. The van der Waals surface area contributed by atoms with Crippen molar-refractivity contribution in [2.45, 2.75) is 13.0 Å². The lowest BCUT2D eigenvalue weighted by Gasteiger charge is -2.23. The number of nitrogens with zero attached hydrogens (tertiary/aromatic N) is 2. The number of ketones is 1. The van der Waals surface area contributed by atoms with Crippen LogP contribution in [-0.2, 0) is 9.59 Å². The molecule has 1 aromatic heterocycles. The maximum atomic E-state index is 13.0. The summed E-state index contributed by atoms with van der Waals surface area (Å²) in [6.07, 6.45) is 0. The van der Waals surface area contributed by atoms with Gasteiger partial charge in [0.1, 0.15) is 11.5 Å². The Labute approximate surface area is 178 Å². The van der Waals surface area contributed by atoms with E-state index in [2.05, 4.69) is 5.16 Å². The maximum Gasteiger partial charge on any atom is 0.301 e. The van der Waals surface area contributed by atoms with Gasteiger partial charge in [-0.1, -0.05) is 41.6 Å². The summed E-state index contributed by atoms with van der Waals surface area (Å²) >= 11 is 0. The number of hydrogen-bond acceptors (Lipinski definition) is 7. The Balaban J connectivity index is 1.96. The van der Waals surface area contributed by atoms with Crippen LogP contribution < -0.4 is 14.4 Å². The Morgan fingerprint density at radius 1 is 1.03 bits per heavy atom. The number of aliphatic hydroxyl groups excluding tert-OH is 1. The fourth-order valence-electron chi connectivity index (χ4n) is 3.63. The van der Waals surface area contributed by atoms with Crippen molar-refractivity contribution in [3.63, 3.8) is 0 Å². The molecule has 158 valence electrons. The molecule has 1 atom stereocenters. The van der Waals surface area contributed by atoms with Crippen LogP contribution in [0.4, 0.5) is 5.82 Å². The highest BCUT2D eigenvalue weighted by Gasteiger charge is 2.48. The highest BCUT2D eigenvalue weighted by molar-refractivity contribution is 6.51. The molecule has 1 N–H and O–H groups in total. The summed E-state index contributed by atoms with van der Waals surface area (Å²) in [5.41, 5.74) is 0.904. The van der Waals surface area contributed by atoms with E-state index in [9.17, 15) is 14.7 Å². The monoisotopic (exact) mass is 420 g/mol. The van der Waals surface area contributed by atoms with Gasteiger partial charge in [-0.2, -0.15) is 0 Å². The minimum Gasteiger partial charge on any atom is -0.507 e. The molecule has 2 heterocycles. The van der Waals surface area contributed by atoms with Crippen molar-refractivity contribution < 1.29 is 28.7 Å². The summed E-state index contributed by atoms with van der Waals surface area (Å²) in [5, 5.41) is 14.9. The zero-order chi connectivity index (χ0) is 22.1. The fourth-order valence-corrected chi connectivity index (χ4v) is 3.63. The Morgan fingerprint density at radius 2 is 1.74 bits per heavy atom. The molecule has 1 aliphatic rings. The van der Waals surface area contributed by atoms with Crippen molar-refractivity contribution in [3.8, 4) is 11.5 Å². The first-order chi connectivity index (χ1) is 15.0. The number of Topliss-reactive ketones (excluding diaryl/α,β-unsaturated/α-hetero) is 1. The van der Waals surface area contributed by atoms with Crippen LogP contribution in [0.1, 0.15) is 22.9 Å². The summed E-state index contributed by atoms with van der Waals surface area (Å²) in [7, 11) is 3.00. The van der Waals surface area contributed by atoms with Gasteiger partial charge in [0.15, 0.2) is 17.3 Å². The van der Waals surface area contributed by atoms with Crippen LogP contribution in [0.2, 0.25) is 0 Å². The minimum absolute atomic E-state index is 0.0518. The number of carbonyl (C=O) groups is 2. The molecule has 0 radical (unpaired) electrons. The van der Waals surface area contributed by atoms with Crippen LogP contribution in [0.3, 0.4) is 0 Å². The zero-order valence-corrected chi connectivity index (χ0v) is 17.2. The molecule has 0 aliphatic carbocycles. The first-order valence-corrected chi connectivity index (χ1v) is 9.48. The minimum atomic E-state index is -0.940. The molecule has 1 fully saturated rings. The van der Waals surface area contributed by atoms with Crippen molar-refractivity contribution in [2.75, 3.05) is 19.1 Å². The van der Waals surface area contributed by atoms with Gasteiger partial charge < -0.3 is 19.1 Å². The van der Waals surface area contributed by atoms with Crippen LogP contribution in [0.5, 0.6) is 11.5 Å². The van der Waals surface area contributed by atoms with Crippen molar-refractivity contribution in [1.29, 1.82) is 0 Å². The normalized spacial score (nSPS) is 17.8. The van der Waals surface area contributed by atoms with Crippen molar-refractivity contribution in [3.05, 3.63) is 77.1 Å². The number of anilines is 1. The van der Waals surface area contributed by atoms with Crippen LogP contribution in [0.15, 0.2) is 64.7 Å². The number of hydrogen-bond donors (Lipinski definition) is 1. The van der Waals surface area contributed by atoms with Gasteiger partial charge in [-0.15, -0.1) is 0 Å². The third-order valence-electron chi connectivity index (χ3n) is 5.08. The fraction of sp³-hybridized carbons (Fsp3) is 0.174. The third kappa shape index (κ3) is 3.42. The Morgan fingerprint density at radius 3 is 2.35 bits per heavy atom. The number of rotatable bonds is 5. The number of amides is 1.